The van der Waals surface area contributed by atoms with E-state index in [1.54, 1.807) is 0 Å². The van der Waals surface area contributed by atoms with Crippen LogP contribution in [0.15, 0.2) is 6.07 Å². The minimum Gasteiger partial charge on any atom is -0.483 e. The van der Waals surface area contributed by atoms with Crippen LogP contribution in [0, 0.1) is 25.2 Å². The number of rotatable bonds is 6. The first-order valence-electron chi connectivity index (χ1n) is 12.8. The van der Waals surface area contributed by atoms with Crippen LogP contribution in [0.25, 0.3) is 0 Å². The molecule has 1 aromatic rings. The Morgan fingerprint density at radius 1 is 1.19 bits per heavy atom. The number of carbonyl (C=O) groups excluding carboxylic acids is 1. The number of aryl methyl sites for hydroxylation is 2. The molecule has 3 atom stereocenters. The zero-order valence-corrected chi connectivity index (χ0v) is 21.9. The molecular formula is C25H43N5O6. The maximum atomic E-state index is 13.6. The molecule has 1 amide bonds. The molecule has 0 unspecified atom stereocenters. The highest BCUT2D eigenvalue weighted by Gasteiger charge is 2.52. The summed E-state index contributed by atoms with van der Waals surface area (Å²) in [6, 6.07) is 2.70. The van der Waals surface area contributed by atoms with Crippen molar-refractivity contribution in [2.24, 2.45) is 11.3 Å². The van der Waals surface area contributed by atoms with Crippen LogP contribution < -0.4 is 5.32 Å². The van der Waals surface area contributed by atoms with Crippen molar-refractivity contribution in [3.8, 4) is 0 Å². The van der Waals surface area contributed by atoms with Crippen molar-refractivity contribution >= 4 is 18.9 Å². The number of nitrogens with one attached hydrogen (secondary N) is 1. The Balaban J connectivity index is 0.000000693. The molecule has 2 saturated heterocycles. The van der Waals surface area contributed by atoms with Crippen LogP contribution in [0.1, 0.15) is 44.0 Å². The van der Waals surface area contributed by atoms with Gasteiger partial charge in [0.15, 0.2) is 0 Å². The molecule has 3 aliphatic rings. The molecule has 1 saturated carbocycles. The van der Waals surface area contributed by atoms with Crippen molar-refractivity contribution in [3.05, 3.63) is 17.5 Å². The smallest absolute Gasteiger partial charge is 0.290 e. The number of carbonyl (C=O) groups is 3. The Bertz CT molecular complexity index is 822. The molecule has 2 aliphatic heterocycles. The summed E-state index contributed by atoms with van der Waals surface area (Å²) in [4.78, 5) is 35.4. The summed E-state index contributed by atoms with van der Waals surface area (Å²) in [6.07, 6.45) is 4.42. The average molecular weight is 510 g/mol. The Hall–Kier alpha value is -2.50. The van der Waals surface area contributed by atoms with Gasteiger partial charge in [-0.25, -0.2) is 0 Å². The summed E-state index contributed by atoms with van der Waals surface area (Å²) in [7, 11) is 0. The number of carboxylic acid groups (broad SMARTS) is 2. The number of ether oxygens (including phenoxy) is 1. The monoisotopic (exact) mass is 509 g/mol. The van der Waals surface area contributed by atoms with Gasteiger partial charge in [0.05, 0.1) is 30.9 Å². The van der Waals surface area contributed by atoms with Gasteiger partial charge in [-0.1, -0.05) is 6.92 Å². The molecule has 11 nitrogen and oxygen atoms in total. The summed E-state index contributed by atoms with van der Waals surface area (Å²) in [5.41, 5.74) is 1.95. The van der Waals surface area contributed by atoms with Crippen molar-refractivity contribution in [2.45, 2.75) is 59.0 Å². The lowest BCUT2D eigenvalue weighted by atomic mass is 9.61. The molecule has 3 heterocycles. The lowest BCUT2D eigenvalue weighted by Gasteiger charge is -2.53. The van der Waals surface area contributed by atoms with E-state index < -0.39 is 0 Å². The van der Waals surface area contributed by atoms with Crippen molar-refractivity contribution in [1.82, 2.24) is 24.9 Å². The van der Waals surface area contributed by atoms with E-state index in [0.29, 0.717) is 18.5 Å². The third-order valence-electron chi connectivity index (χ3n) is 7.74. The summed E-state index contributed by atoms with van der Waals surface area (Å²) >= 11 is 0. The first-order chi connectivity index (χ1) is 17.3. The van der Waals surface area contributed by atoms with E-state index in [2.05, 4.69) is 40.1 Å². The lowest BCUT2D eigenvalue weighted by Crippen LogP contribution is -2.61. The fraction of sp³-hybridized carbons (Fsp3) is 0.760. The van der Waals surface area contributed by atoms with Crippen molar-refractivity contribution in [1.29, 1.82) is 0 Å². The molecule has 11 heteroatoms. The van der Waals surface area contributed by atoms with E-state index in [-0.39, 0.29) is 24.3 Å². The van der Waals surface area contributed by atoms with Gasteiger partial charge in [-0.2, -0.15) is 5.10 Å². The Morgan fingerprint density at radius 2 is 1.86 bits per heavy atom. The second kappa shape index (κ2) is 14.9. The third-order valence-corrected chi connectivity index (χ3v) is 7.74. The van der Waals surface area contributed by atoms with E-state index in [1.807, 2.05) is 11.6 Å². The molecule has 0 spiro atoms. The first-order valence-corrected chi connectivity index (χ1v) is 12.8. The molecule has 0 bridgehead atoms. The van der Waals surface area contributed by atoms with Crippen molar-refractivity contribution < 1.29 is 29.3 Å². The van der Waals surface area contributed by atoms with Gasteiger partial charge < -0.3 is 25.2 Å². The molecule has 204 valence electrons. The van der Waals surface area contributed by atoms with Crippen molar-refractivity contribution in [3.63, 3.8) is 0 Å². The molecular weight excluding hydrogens is 466 g/mol. The van der Waals surface area contributed by atoms with E-state index >= 15 is 0 Å². The van der Waals surface area contributed by atoms with Crippen LogP contribution in [-0.4, -0.2) is 107 Å². The predicted octanol–water partition coefficient (Wildman–Crippen LogP) is 1.23. The number of likely N-dealkylation sites (tertiary alicyclic amines) is 1. The zero-order chi connectivity index (χ0) is 26.6. The SMILES string of the molecule is CCN1CC[C@@H]2C[C@@H](N3CCOCC3)CC[C@@]2(C(=O)NCCn2nc(C)cc2C)C1.O=CO.O=CO. The van der Waals surface area contributed by atoms with Gasteiger partial charge in [-0.3, -0.25) is 24.0 Å². The molecule has 4 rings (SSSR count). The Kier molecular flexibility index (Phi) is 12.3. The topological polar surface area (TPSA) is 137 Å². The number of piperidine rings is 1. The summed E-state index contributed by atoms with van der Waals surface area (Å²) in [5, 5.41) is 21.6. The first kappa shape index (κ1) is 29.7. The normalized spacial score (nSPS) is 26.3. The molecule has 0 aromatic carbocycles. The van der Waals surface area contributed by atoms with Gasteiger partial charge in [0, 0.05) is 37.9 Å². The Morgan fingerprint density at radius 3 is 2.44 bits per heavy atom. The maximum Gasteiger partial charge on any atom is 0.290 e. The summed E-state index contributed by atoms with van der Waals surface area (Å²) in [6.45, 7) is 14.0. The standard InChI is InChI=1S/C23H39N5O2.2CH2O2/c1-4-26-9-6-20-16-21(27-11-13-30-14-12-27)5-7-23(20,17-26)22(29)24-8-10-28-19(3)15-18(2)25-28;2*2-1-3/h15,20-21H,4-14,16-17H2,1-3H3,(H,24,29);2*1H,(H,2,3)/t20-,21+,23-;;/m1../s1. The maximum absolute atomic E-state index is 13.6. The van der Waals surface area contributed by atoms with Crippen LogP contribution in [0.2, 0.25) is 0 Å². The molecule has 1 aliphatic carbocycles. The summed E-state index contributed by atoms with van der Waals surface area (Å²) in [5.74, 6) is 0.753. The third kappa shape index (κ3) is 7.75. The highest BCUT2D eigenvalue weighted by atomic mass is 16.5. The van der Waals surface area contributed by atoms with Gasteiger partial charge in [0.2, 0.25) is 5.91 Å². The van der Waals surface area contributed by atoms with Gasteiger partial charge >= 0.3 is 0 Å². The second-order valence-electron chi connectivity index (χ2n) is 9.70. The molecule has 36 heavy (non-hydrogen) atoms. The van der Waals surface area contributed by atoms with Gasteiger partial charge in [0.1, 0.15) is 0 Å². The van der Waals surface area contributed by atoms with Gasteiger partial charge in [-0.15, -0.1) is 0 Å². The molecule has 1 aromatic heterocycles. The summed E-state index contributed by atoms with van der Waals surface area (Å²) < 4.78 is 7.55. The zero-order valence-electron chi connectivity index (χ0n) is 21.9. The van der Waals surface area contributed by atoms with Crippen LogP contribution in [0.4, 0.5) is 0 Å². The van der Waals surface area contributed by atoms with Crippen LogP contribution in [0.3, 0.4) is 0 Å². The fourth-order valence-electron chi connectivity index (χ4n) is 5.99. The number of hydrogen-bond acceptors (Lipinski definition) is 7. The lowest BCUT2D eigenvalue weighted by molar-refractivity contribution is -0.145. The van der Waals surface area contributed by atoms with E-state index in [4.69, 9.17) is 24.5 Å². The number of fused-ring (bicyclic) bond motifs is 1. The van der Waals surface area contributed by atoms with Crippen LogP contribution in [-0.2, 0) is 25.7 Å². The highest BCUT2D eigenvalue weighted by Crippen LogP contribution is 2.47. The molecule has 3 fully saturated rings. The number of nitrogens with zero attached hydrogens (tertiary/aromatic N) is 4. The number of amides is 1. The van der Waals surface area contributed by atoms with Crippen LogP contribution in [0.5, 0.6) is 0 Å². The minimum atomic E-state index is -0.250. The number of aromatic nitrogens is 2. The van der Waals surface area contributed by atoms with Crippen molar-refractivity contribution in [2.75, 3.05) is 52.5 Å². The molecule has 3 N–H and O–H groups in total. The van der Waals surface area contributed by atoms with Gasteiger partial charge in [-0.05, 0) is 64.6 Å². The van der Waals surface area contributed by atoms with Crippen LogP contribution >= 0.6 is 0 Å². The minimum absolute atomic E-state index is 0.230. The van der Waals surface area contributed by atoms with E-state index in [9.17, 15) is 4.79 Å². The highest BCUT2D eigenvalue weighted by molar-refractivity contribution is 5.83. The predicted molar refractivity (Wildman–Crippen MR) is 135 cm³/mol. The average Bonchev–Trinajstić information content (AvgIpc) is 3.21. The fourth-order valence-corrected chi connectivity index (χ4v) is 5.99. The Labute approximate surface area is 213 Å². The number of morpholine rings is 1. The second-order valence-corrected chi connectivity index (χ2v) is 9.70. The largest absolute Gasteiger partial charge is 0.483 e. The van der Waals surface area contributed by atoms with E-state index in [1.165, 1.54) is 0 Å². The van der Waals surface area contributed by atoms with Gasteiger partial charge in [0.25, 0.3) is 12.9 Å². The number of hydrogen-bond donors (Lipinski definition) is 3. The molecule has 0 radical (unpaired) electrons. The van der Waals surface area contributed by atoms with E-state index in [0.717, 1.165) is 89.6 Å². The quantitative estimate of drug-likeness (QED) is 0.484.